The van der Waals surface area contributed by atoms with E-state index in [0.717, 1.165) is 39.2 Å². The molecule has 0 aliphatic heterocycles. The summed E-state index contributed by atoms with van der Waals surface area (Å²) in [5.74, 6) is 1.69. The first-order chi connectivity index (χ1) is 15.6. The molecule has 6 heteroatoms. The SMILES string of the molecule is Cc1cccc(C)c1OCCOc1ccc(C=c2sc3nc4ccccc4n3c2=O)cc1. The van der Waals surface area contributed by atoms with Gasteiger partial charge in [-0.15, -0.1) is 0 Å². The summed E-state index contributed by atoms with van der Waals surface area (Å²) < 4.78 is 14.0. The van der Waals surface area contributed by atoms with Crippen LogP contribution < -0.4 is 19.6 Å². The first kappa shape index (κ1) is 20.3. The zero-order valence-electron chi connectivity index (χ0n) is 17.9. The molecule has 32 heavy (non-hydrogen) atoms. The van der Waals surface area contributed by atoms with Crippen LogP contribution in [0.15, 0.2) is 71.5 Å². The van der Waals surface area contributed by atoms with Crippen LogP contribution in [-0.2, 0) is 0 Å². The van der Waals surface area contributed by atoms with Gasteiger partial charge >= 0.3 is 0 Å². The molecule has 0 spiro atoms. The predicted molar refractivity (Wildman–Crippen MR) is 129 cm³/mol. The average molecular weight is 443 g/mol. The summed E-state index contributed by atoms with van der Waals surface area (Å²) in [6, 6.07) is 21.5. The number of para-hydroxylation sites is 3. The second-order valence-electron chi connectivity index (χ2n) is 7.62. The summed E-state index contributed by atoms with van der Waals surface area (Å²) in [5, 5.41) is 0. The molecule has 0 atom stereocenters. The Morgan fingerprint density at radius 1 is 0.906 bits per heavy atom. The fourth-order valence-corrected chi connectivity index (χ4v) is 4.74. The molecule has 0 bridgehead atoms. The fraction of sp³-hybridized carbons (Fsp3) is 0.154. The zero-order valence-corrected chi connectivity index (χ0v) is 18.7. The lowest BCUT2D eigenvalue weighted by atomic mass is 10.1. The lowest BCUT2D eigenvalue weighted by Crippen LogP contribution is -2.22. The van der Waals surface area contributed by atoms with Crippen molar-refractivity contribution >= 4 is 33.4 Å². The molecule has 5 nitrogen and oxygen atoms in total. The highest BCUT2D eigenvalue weighted by Crippen LogP contribution is 2.22. The van der Waals surface area contributed by atoms with E-state index in [0.29, 0.717) is 22.7 Å². The minimum atomic E-state index is -0.0392. The van der Waals surface area contributed by atoms with Gasteiger partial charge in [-0.25, -0.2) is 9.38 Å². The summed E-state index contributed by atoms with van der Waals surface area (Å²) in [5.41, 5.74) is 4.83. The first-order valence-corrected chi connectivity index (χ1v) is 11.3. The van der Waals surface area contributed by atoms with Crippen LogP contribution in [0.5, 0.6) is 11.5 Å². The fourth-order valence-electron chi connectivity index (χ4n) is 3.75. The first-order valence-electron chi connectivity index (χ1n) is 10.4. The van der Waals surface area contributed by atoms with Crippen molar-refractivity contribution in [2.75, 3.05) is 13.2 Å². The topological polar surface area (TPSA) is 52.8 Å². The Bertz CT molecular complexity index is 1500. The van der Waals surface area contributed by atoms with Crippen molar-refractivity contribution in [3.05, 3.63) is 98.3 Å². The van der Waals surface area contributed by atoms with Gasteiger partial charge in [-0.1, -0.05) is 53.8 Å². The van der Waals surface area contributed by atoms with Crippen molar-refractivity contribution in [3.63, 3.8) is 0 Å². The third kappa shape index (κ3) is 3.85. The van der Waals surface area contributed by atoms with Crippen molar-refractivity contribution in [2.24, 2.45) is 0 Å². The van der Waals surface area contributed by atoms with E-state index in [-0.39, 0.29) is 5.56 Å². The van der Waals surface area contributed by atoms with E-state index in [4.69, 9.17) is 9.47 Å². The standard InChI is InChI=1S/C26H22N2O3S/c1-17-6-5-7-18(2)24(17)31-15-14-30-20-12-10-19(11-13-20)16-23-25(29)28-22-9-4-3-8-21(22)27-26(28)32-23/h3-13,16H,14-15H2,1-2H3. The molecule has 0 N–H and O–H groups in total. The number of thiazole rings is 1. The second kappa shape index (κ2) is 8.48. The molecule has 3 aromatic carbocycles. The van der Waals surface area contributed by atoms with Gasteiger partial charge in [-0.2, -0.15) is 0 Å². The van der Waals surface area contributed by atoms with Gasteiger partial charge in [-0.3, -0.25) is 4.79 Å². The maximum Gasteiger partial charge on any atom is 0.274 e. The van der Waals surface area contributed by atoms with E-state index in [1.807, 2.05) is 86.7 Å². The lowest BCUT2D eigenvalue weighted by molar-refractivity contribution is 0.215. The molecule has 0 amide bonds. The second-order valence-corrected chi connectivity index (χ2v) is 8.63. The number of hydrogen-bond acceptors (Lipinski definition) is 5. The summed E-state index contributed by atoms with van der Waals surface area (Å²) >= 11 is 1.40. The van der Waals surface area contributed by atoms with Crippen LogP contribution in [0, 0.1) is 13.8 Å². The van der Waals surface area contributed by atoms with Crippen molar-refractivity contribution in [1.82, 2.24) is 9.38 Å². The smallest absolute Gasteiger partial charge is 0.274 e. The highest BCUT2D eigenvalue weighted by atomic mass is 32.1. The Hall–Kier alpha value is -3.64. The molecular formula is C26H22N2O3S. The molecular weight excluding hydrogens is 420 g/mol. The number of fused-ring (bicyclic) bond motifs is 3. The van der Waals surface area contributed by atoms with Crippen LogP contribution in [0.25, 0.3) is 22.1 Å². The summed E-state index contributed by atoms with van der Waals surface area (Å²) in [4.78, 5) is 18.1. The maximum atomic E-state index is 12.9. The third-order valence-electron chi connectivity index (χ3n) is 5.33. The predicted octanol–water partition coefficient (Wildman–Crippen LogP) is 4.53. The number of aryl methyl sites for hydroxylation is 2. The molecule has 0 fully saturated rings. The van der Waals surface area contributed by atoms with Gasteiger partial charge in [0, 0.05) is 0 Å². The lowest BCUT2D eigenvalue weighted by Gasteiger charge is -2.12. The van der Waals surface area contributed by atoms with E-state index in [9.17, 15) is 4.79 Å². The monoisotopic (exact) mass is 442 g/mol. The van der Waals surface area contributed by atoms with Gasteiger partial charge < -0.3 is 9.47 Å². The van der Waals surface area contributed by atoms with Crippen molar-refractivity contribution in [2.45, 2.75) is 13.8 Å². The van der Waals surface area contributed by atoms with Gasteiger partial charge in [-0.05, 0) is 60.9 Å². The van der Waals surface area contributed by atoms with Crippen LogP contribution in [0.3, 0.4) is 0 Å². The van der Waals surface area contributed by atoms with Crippen molar-refractivity contribution in [3.8, 4) is 11.5 Å². The molecule has 2 aromatic heterocycles. The molecule has 0 unspecified atom stereocenters. The number of imidazole rings is 1. The molecule has 0 aliphatic rings. The number of rotatable bonds is 6. The van der Waals surface area contributed by atoms with Crippen LogP contribution >= 0.6 is 11.3 Å². The minimum absolute atomic E-state index is 0.0392. The Kier molecular flexibility index (Phi) is 5.37. The molecule has 160 valence electrons. The van der Waals surface area contributed by atoms with Gasteiger partial charge in [0.15, 0.2) is 4.96 Å². The Balaban J connectivity index is 1.27. The molecule has 0 saturated heterocycles. The Morgan fingerprint density at radius 2 is 1.62 bits per heavy atom. The van der Waals surface area contributed by atoms with Crippen LogP contribution in [0.4, 0.5) is 0 Å². The number of nitrogens with zero attached hydrogens (tertiary/aromatic N) is 2. The van der Waals surface area contributed by atoms with Crippen LogP contribution in [0.2, 0.25) is 0 Å². The molecule has 0 saturated carbocycles. The Morgan fingerprint density at radius 3 is 2.41 bits per heavy atom. The summed E-state index contributed by atoms with van der Waals surface area (Å²) in [6.45, 7) is 5.01. The Labute approximate surface area is 189 Å². The van der Waals surface area contributed by atoms with E-state index in [1.165, 1.54) is 11.3 Å². The minimum Gasteiger partial charge on any atom is -0.490 e. The molecule has 0 aliphatic carbocycles. The van der Waals surface area contributed by atoms with Crippen molar-refractivity contribution in [1.29, 1.82) is 0 Å². The van der Waals surface area contributed by atoms with Crippen molar-refractivity contribution < 1.29 is 9.47 Å². The zero-order chi connectivity index (χ0) is 22.1. The van der Waals surface area contributed by atoms with E-state index in [2.05, 4.69) is 4.98 Å². The van der Waals surface area contributed by atoms with Gasteiger partial charge in [0.05, 0.1) is 15.6 Å². The van der Waals surface area contributed by atoms with Crippen LogP contribution in [0.1, 0.15) is 16.7 Å². The number of ether oxygens (including phenoxy) is 2. The van der Waals surface area contributed by atoms with Gasteiger partial charge in [0.1, 0.15) is 24.7 Å². The number of hydrogen-bond donors (Lipinski definition) is 0. The molecule has 2 heterocycles. The van der Waals surface area contributed by atoms with E-state index < -0.39 is 0 Å². The number of aromatic nitrogens is 2. The van der Waals surface area contributed by atoms with Gasteiger partial charge in [0.2, 0.25) is 0 Å². The quantitative estimate of drug-likeness (QED) is 0.363. The summed E-state index contributed by atoms with van der Waals surface area (Å²) in [7, 11) is 0. The summed E-state index contributed by atoms with van der Waals surface area (Å²) in [6.07, 6.45) is 1.89. The molecule has 0 radical (unpaired) electrons. The average Bonchev–Trinajstić information content (AvgIpc) is 3.30. The highest BCUT2D eigenvalue weighted by molar-refractivity contribution is 7.15. The highest BCUT2D eigenvalue weighted by Gasteiger charge is 2.10. The largest absolute Gasteiger partial charge is 0.490 e. The molecule has 5 aromatic rings. The van der Waals surface area contributed by atoms with Crippen LogP contribution in [-0.4, -0.2) is 22.6 Å². The van der Waals surface area contributed by atoms with E-state index >= 15 is 0 Å². The maximum absolute atomic E-state index is 12.9. The third-order valence-corrected chi connectivity index (χ3v) is 6.30. The van der Waals surface area contributed by atoms with E-state index in [1.54, 1.807) is 4.40 Å². The van der Waals surface area contributed by atoms with Gasteiger partial charge in [0.25, 0.3) is 5.56 Å². The number of benzene rings is 3. The normalized spacial score (nSPS) is 12.0. The molecule has 5 rings (SSSR count).